The van der Waals surface area contributed by atoms with Gasteiger partial charge in [-0.3, -0.25) is 4.79 Å². The number of carbonyl (C=O) groups excluding carboxylic acids is 1. The molecule has 1 heterocycles. The van der Waals surface area contributed by atoms with Gasteiger partial charge in [0.05, 0.1) is 25.8 Å². The average Bonchev–Trinajstić information content (AvgIpc) is 2.69. The van der Waals surface area contributed by atoms with Crippen LogP contribution < -0.4 is 14.8 Å². The summed E-state index contributed by atoms with van der Waals surface area (Å²) in [6.45, 7) is 2.00. The highest BCUT2D eigenvalue weighted by Crippen LogP contribution is 2.31. The Morgan fingerprint density at radius 3 is 2.22 bits per heavy atom. The molecular weight excluding hydrogens is 362 g/mol. The first-order chi connectivity index (χ1) is 13.1. The van der Waals surface area contributed by atoms with Crippen molar-refractivity contribution in [1.29, 1.82) is 0 Å². The van der Waals surface area contributed by atoms with Crippen molar-refractivity contribution in [2.24, 2.45) is 0 Å². The zero-order valence-corrected chi connectivity index (χ0v) is 16.0. The molecule has 0 saturated carbocycles. The minimum absolute atomic E-state index is 0.197. The van der Waals surface area contributed by atoms with E-state index in [0.29, 0.717) is 22.5 Å². The summed E-state index contributed by atoms with van der Waals surface area (Å²) in [4.78, 5) is 22.1. The van der Waals surface area contributed by atoms with E-state index < -0.39 is 0 Å². The van der Waals surface area contributed by atoms with Crippen LogP contribution in [0, 0.1) is 6.92 Å². The van der Waals surface area contributed by atoms with Crippen LogP contribution in [0.15, 0.2) is 64.6 Å². The smallest absolute Gasteiger partial charge is 0.256 e. The van der Waals surface area contributed by atoms with Crippen LogP contribution in [0.5, 0.6) is 11.8 Å². The summed E-state index contributed by atoms with van der Waals surface area (Å²) in [6.07, 6.45) is 0. The minimum Gasteiger partial charge on any atom is -0.481 e. The van der Waals surface area contributed by atoms with Gasteiger partial charge in [-0.05, 0) is 43.0 Å². The molecule has 1 N–H and O–H groups in total. The third-order valence-electron chi connectivity index (χ3n) is 3.72. The predicted molar refractivity (Wildman–Crippen MR) is 105 cm³/mol. The summed E-state index contributed by atoms with van der Waals surface area (Å²) in [7, 11) is 3.05. The number of hydrogen-bond donors (Lipinski definition) is 1. The Morgan fingerprint density at radius 2 is 1.59 bits per heavy atom. The molecule has 138 valence electrons. The van der Waals surface area contributed by atoms with E-state index in [2.05, 4.69) is 15.3 Å². The van der Waals surface area contributed by atoms with Crippen molar-refractivity contribution in [3.8, 4) is 11.8 Å². The Kier molecular flexibility index (Phi) is 5.93. The van der Waals surface area contributed by atoms with Crippen LogP contribution in [0.25, 0.3) is 0 Å². The predicted octanol–water partition coefficient (Wildman–Crippen LogP) is 4.21. The number of benzene rings is 2. The lowest BCUT2D eigenvalue weighted by Gasteiger charge is -2.10. The lowest BCUT2D eigenvalue weighted by molar-refractivity contribution is 0.102. The third kappa shape index (κ3) is 4.77. The molecule has 0 aliphatic carbocycles. The monoisotopic (exact) mass is 381 g/mol. The number of nitrogens with zero attached hydrogens (tertiary/aromatic N) is 2. The number of methoxy groups -OCH3 is 2. The maximum Gasteiger partial charge on any atom is 0.256 e. The van der Waals surface area contributed by atoms with Gasteiger partial charge in [0, 0.05) is 10.6 Å². The van der Waals surface area contributed by atoms with E-state index in [1.807, 2.05) is 49.4 Å². The van der Waals surface area contributed by atoms with Crippen molar-refractivity contribution in [2.75, 3.05) is 19.5 Å². The highest BCUT2D eigenvalue weighted by molar-refractivity contribution is 7.99. The van der Waals surface area contributed by atoms with Crippen molar-refractivity contribution in [3.63, 3.8) is 0 Å². The van der Waals surface area contributed by atoms with E-state index in [-0.39, 0.29) is 5.91 Å². The van der Waals surface area contributed by atoms with E-state index in [4.69, 9.17) is 9.47 Å². The van der Waals surface area contributed by atoms with Gasteiger partial charge in [0.1, 0.15) is 0 Å². The van der Waals surface area contributed by atoms with Crippen molar-refractivity contribution in [3.05, 3.63) is 65.7 Å². The van der Waals surface area contributed by atoms with E-state index in [1.165, 1.54) is 26.0 Å². The molecule has 0 unspecified atom stereocenters. The number of nitrogens with one attached hydrogen (secondary N) is 1. The second kappa shape index (κ2) is 8.55. The first-order valence-electron chi connectivity index (χ1n) is 8.21. The molecule has 3 rings (SSSR count). The molecule has 0 bridgehead atoms. The molecular formula is C20H19N3O3S. The second-order valence-corrected chi connectivity index (χ2v) is 6.66. The Bertz CT molecular complexity index is 923. The highest BCUT2D eigenvalue weighted by Gasteiger charge is 2.15. The van der Waals surface area contributed by atoms with Crippen LogP contribution in [0.3, 0.4) is 0 Å². The fourth-order valence-corrected chi connectivity index (χ4v) is 3.20. The van der Waals surface area contributed by atoms with Crippen LogP contribution in [0.2, 0.25) is 0 Å². The van der Waals surface area contributed by atoms with Gasteiger partial charge in [0.25, 0.3) is 5.91 Å². The average molecular weight is 381 g/mol. The van der Waals surface area contributed by atoms with E-state index in [9.17, 15) is 4.79 Å². The van der Waals surface area contributed by atoms with Gasteiger partial charge in [-0.15, -0.1) is 0 Å². The van der Waals surface area contributed by atoms with Gasteiger partial charge in [-0.25, -0.2) is 0 Å². The number of rotatable bonds is 6. The normalized spacial score (nSPS) is 10.3. The largest absolute Gasteiger partial charge is 0.481 e. The lowest BCUT2D eigenvalue weighted by atomic mass is 10.2. The summed E-state index contributed by atoms with van der Waals surface area (Å²) in [5.41, 5.74) is 2.41. The van der Waals surface area contributed by atoms with Crippen molar-refractivity contribution >= 4 is 23.4 Å². The summed E-state index contributed by atoms with van der Waals surface area (Å²) in [5.74, 6) is 0.591. The molecule has 6 nitrogen and oxygen atoms in total. The summed E-state index contributed by atoms with van der Waals surface area (Å²) in [6, 6.07) is 16.5. The van der Waals surface area contributed by atoms with Crippen LogP contribution in [0.4, 0.5) is 5.69 Å². The number of hydrogen-bond acceptors (Lipinski definition) is 6. The van der Waals surface area contributed by atoms with E-state index in [0.717, 1.165) is 16.1 Å². The molecule has 3 aromatic rings. The van der Waals surface area contributed by atoms with Crippen LogP contribution >= 0.6 is 11.8 Å². The van der Waals surface area contributed by atoms with Crippen molar-refractivity contribution in [2.45, 2.75) is 17.0 Å². The standard InChI is InChI=1S/C20H19N3O3S/c1-13-8-10-14(11-9-13)21-19(24)15-6-4-5-7-16(15)27-20-22-17(25-2)12-18(23-20)26-3/h4-12H,1-3H3,(H,21,24). The molecule has 0 saturated heterocycles. The van der Waals surface area contributed by atoms with Gasteiger partial charge in [0.2, 0.25) is 11.8 Å². The topological polar surface area (TPSA) is 73.3 Å². The van der Waals surface area contributed by atoms with E-state index in [1.54, 1.807) is 12.1 Å². The molecule has 0 spiro atoms. The molecule has 0 aliphatic rings. The number of carbonyl (C=O) groups is 1. The molecule has 0 aliphatic heterocycles. The zero-order valence-electron chi connectivity index (χ0n) is 15.2. The van der Waals surface area contributed by atoms with Gasteiger partial charge in [0.15, 0.2) is 5.16 Å². The number of aryl methyl sites for hydroxylation is 1. The third-order valence-corrected chi connectivity index (χ3v) is 4.66. The lowest BCUT2D eigenvalue weighted by Crippen LogP contribution is -2.13. The quantitative estimate of drug-likeness (QED) is 0.645. The van der Waals surface area contributed by atoms with Crippen LogP contribution in [-0.2, 0) is 0 Å². The first-order valence-corrected chi connectivity index (χ1v) is 9.02. The molecule has 7 heteroatoms. The number of ether oxygens (including phenoxy) is 2. The molecule has 0 fully saturated rings. The molecule has 27 heavy (non-hydrogen) atoms. The molecule has 2 aromatic carbocycles. The van der Waals surface area contributed by atoms with Gasteiger partial charge < -0.3 is 14.8 Å². The van der Waals surface area contributed by atoms with Crippen LogP contribution in [0.1, 0.15) is 15.9 Å². The SMILES string of the molecule is COc1cc(OC)nc(Sc2ccccc2C(=O)Nc2ccc(C)cc2)n1. The van der Waals surface area contributed by atoms with Crippen LogP contribution in [-0.4, -0.2) is 30.1 Å². The van der Waals surface area contributed by atoms with E-state index >= 15 is 0 Å². The molecule has 1 amide bonds. The maximum atomic E-state index is 12.7. The first kappa shape index (κ1) is 18.7. The number of anilines is 1. The molecule has 0 radical (unpaired) electrons. The summed E-state index contributed by atoms with van der Waals surface area (Å²) in [5, 5.41) is 3.35. The fourth-order valence-electron chi connectivity index (χ4n) is 2.32. The molecule has 0 atom stereocenters. The number of amides is 1. The summed E-state index contributed by atoms with van der Waals surface area (Å²) >= 11 is 1.27. The Labute approximate surface area is 162 Å². The van der Waals surface area contributed by atoms with Gasteiger partial charge in [-0.1, -0.05) is 29.8 Å². The minimum atomic E-state index is -0.197. The van der Waals surface area contributed by atoms with Crippen molar-refractivity contribution in [1.82, 2.24) is 9.97 Å². The fraction of sp³-hybridized carbons (Fsp3) is 0.150. The zero-order chi connectivity index (χ0) is 19.2. The number of aromatic nitrogens is 2. The van der Waals surface area contributed by atoms with Gasteiger partial charge in [-0.2, -0.15) is 9.97 Å². The second-order valence-electron chi connectivity index (χ2n) is 5.65. The van der Waals surface area contributed by atoms with Gasteiger partial charge >= 0.3 is 0 Å². The Balaban J connectivity index is 1.85. The Hall–Kier alpha value is -3.06. The molecule has 1 aromatic heterocycles. The maximum absolute atomic E-state index is 12.7. The highest BCUT2D eigenvalue weighted by atomic mass is 32.2. The summed E-state index contributed by atoms with van der Waals surface area (Å²) < 4.78 is 10.4. The Morgan fingerprint density at radius 1 is 0.963 bits per heavy atom. The van der Waals surface area contributed by atoms with Crippen molar-refractivity contribution < 1.29 is 14.3 Å².